The van der Waals surface area contributed by atoms with Crippen molar-refractivity contribution in [2.45, 2.75) is 25.8 Å². The summed E-state index contributed by atoms with van der Waals surface area (Å²) in [7, 11) is 0. The van der Waals surface area contributed by atoms with Crippen molar-refractivity contribution in [3.8, 4) is 0 Å². The summed E-state index contributed by atoms with van der Waals surface area (Å²) >= 11 is 0. The molecule has 0 aliphatic carbocycles. The van der Waals surface area contributed by atoms with E-state index in [0.717, 1.165) is 31.9 Å². The number of rotatable bonds is 4. The van der Waals surface area contributed by atoms with Crippen molar-refractivity contribution < 1.29 is 0 Å². The maximum Gasteiger partial charge on any atom is 0.155 e. The number of nitrogens with zero attached hydrogens (tertiary/aromatic N) is 4. The van der Waals surface area contributed by atoms with E-state index in [1.807, 2.05) is 10.7 Å². The molecule has 100 valence electrons. The summed E-state index contributed by atoms with van der Waals surface area (Å²) in [5.41, 5.74) is 1.25. The quantitative estimate of drug-likeness (QED) is 0.896. The van der Waals surface area contributed by atoms with Gasteiger partial charge < -0.3 is 5.32 Å². The number of piperidine rings is 1. The minimum Gasteiger partial charge on any atom is -0.317 e. The molecule has 5 heteroatoms. The van der Waals surface area contributed by atoms with Gasteiger partial charge in [0.05, 0.1) is 0 Å². The Morgan fingerprint density at radius 3 is 2.74 bits per heavy atom. The Morgan fingerprint density at radius 1 is 1.16 bits per heavy atom. The van der Waals surface area contributed by atoms with Gasteiger partial charge in [-0.25, -0.2) is 4.68 Å². The lowest BCUT2D eigenvalue weighted by atomic mass is 9.98. The molecule has 0 radical (unpaired) electrons. The molecule has 0 amide bonds. The van der Waals surface area contributed by atoms with Crippen LogP contribution in [0.15, 0.2) is 30.3 Å². The van der Waals surface area contributed by atoms with Gasteiger partial charge in [-0.2, -0.15) is 0 Å². The highest BCUT2D eigenvalue weighted by molar-refractivity contribution is 5.18. The van der Waals surface area contributed by atoms with Crippen LogP contribution >= 0.6 is 0 Å². The first-order chi connectivity index (χ1) is 9.42. The molecule has 1 aromatic carbocycles. The smallest absolute Gasteiger partial charge is 0.155 e. The summed E-state index contributed by atoms with van der Waals surface area (Å²) in [4.78, 5) is 0. The molecular formula is C14H19N5. The van der Waals surface area contributed by atoms with Crippen LogP contribution in [-0.4, -0.2) is 33.3 Å². The number of nitrogens with one attached hydrogen (secondary N) is 1. The maximum atomic E-state index is 4.16. The van der Waals surface area contributed by atoms with Crippen molar-refractivity contribution in [2.75, 3.05) is 13.1 Å². The third kappa shape index (κ3) is 3.17. The van der Waals surface area contributed by atoms with Crippen LogP contribution in [0.5, 0.6) is 0 Å². The topological polar surface area (TPSA) is 55.6 Å². The Balaban J connectivity index is 1.68. The number of hydrogen-bond donors (Lipinski definition) is 1. The second-order valence-corrected chi connectivity index (χ2v) is 5.13. The van der Waals surface area contributed by atoms with Crippen LogP contribution in [0.25, 0.3) is 0 Å². The second kappa shape index (κ2) is 5.93. The largest absolute Gasteiger partial charge is 0.317 e. The lowest BCUT2D eigenvalue weighted by molar-refractivity contribution is 0.315. The van der Waals surface area contributed by atoms with E-state index < -0.39 is 0 Å². The first-order valence-corrected chi connectivity index (χ1v) is 6.91. The van der Waals surface area contributed by atoms with Gasteiger partial charge in [-0.05, 0) is 47.8 Å². The van der Waals surface area contributed by atoms with Crippen LogP contribution in [0.1, 0.15) is 24.2 Å². The van der Waals surface area contributed by atoms with Crippen molar-refractivity contribution in [2.24, 2.45) is 5.92 Å². The zero-order valence-corrected chi connectivity index (χ0v) is 11.0. The molecule has 1 saturated heterocycles. The summed E-state index contributed by atoms with van der Waals surface area (Å²) < 4.78 is 1.98. The number of hydrogen-bond acceptors (Lipinski definition) is 4. The van der Waals surface area contributed by atoms with Crippen LogP contribution in [0.4, 0.5) is 0 Å². The fourth-order valence-electron chi connectivity index (χ4n) is 2.58. The first kappa shape index (κ1) is 12.3. The predicted octanol–water partition coefficient (Wildman–Crippen LogP) is 1.26. The minimum atomic E-state index is 0.694. The molecule has 19 heavy (non-hydrogen) atoms. The van der Waals surface area contributed by atoms with Crippen LogP contribution < -0.4 is 5.32 Å². The monoisotopic (exact) mass is 257 g/mol. The summed E-state index contributed by atoms with van der Waals surface area (Å²) in [5, 5.41) is 15.5. The minimum absolute atomic E-state index is 0.694. The highest BCUT2D eigenvalue weighted by Crippen LogP contribution is 2.15. The number of aromatic nitrogens is 4. The van der Waals surface area contributed by atoms with Crippen LogP contribution in [0, 0.1) is 5.92 Å². The van der Waals surface area contributed by atoms with E-state index in [4.69, 9.17) is 0 Å². The molecule has 0 unspecified atom stereocenters. The molecule has 5 nitrogen and oxygen atoms in total. The van der Waals surface area contributed by atoms with E-state index in [9.17, 15) is 0 Å². The normalized spacial score (nSPS) is 16.6. The molecule has 0 atom stereocenters. The molecule has 1 fully saturated rings. The molecule has 0 bridgehead atoms. The standard InChI is InChI=1S/C14H19N5/c1-2-4-12(5-3-1)10-14-16-17-18-19(14)11-13-6-8-15-9-7-13/h1-5,13,15H,6-11H2. The summed E-state index contributed by atoms with van der Waals surface area (Å²) in [6.07, 6.45) is 3.23. The van der Waals surface area contributed by atoms with Gasteiger partial charge in [0, 0.05) is 13.0 Å². The molecule has 1 aliphatic rings. The molecule has 1 N–H and O–H groups in total. The lowest BCUT2D eigenvalue weighted by Crippen LogP contribution is -2.30. The molecule has 1 aromatic heterocycles. The lowest BCUT2D eigenvalue weighted by Gasteiger charge is -2.22. The predicted molar refractivity (Wildman–Crippen MR) is 72.7 cm³/mol. The molecule has 1 aliphatic heterocycles. The Kier molecular flexibility index (Phi) is 3.83. The number of tetrazole rings is 1. The van der Waals surface area contributed by atoms with Crippen LogP contribution in [0.3, 0.4) is 0 Å². The Labute approximate surface area is 113 Å². The van der Waals surface area contributed by atoms with Crippen LogP contribution in [-0.2, 0) is 13.0 Å². The van der Waals surface area contributed by atoms with Crippen molar-refractivity contribution >= 4 is 0 Å². The number of benzene rings is 1. The summed E-state index contributed by atoms with van der Waals surface area (Å²) in [5.74, 6) is 1.66. The fourth-order valence-corrected chi connectivity index (χ4v) is 2.58. The Bertz CT molecular complexity index is 502. The SMILES string of the molecule is c1ccc(Cc2nnnn2CC2CCNCC2)cc1. The van der Waals surface area contributed by atoms with E-state index in [-0.39, 0.29) is 0 Å². The fraction of sp³-hybridized carbons (Fsp3) is 0.500. The van der Waals surface area contributed by atoms with Crippen LogP contribution in [0.2, 0.25) is 0 Å². The van der Waals surface area contributed by atoms with Gasteiger partial charge in [0.25, 0.3) is 0 Å². The molecule has 0 saturated carbocycles. The molecule has 2 heterocycles. The second-order valence-electron chi connectivity index (χ2n) is 5.13. The molecular weight excluding hydrogens is 238 g/mol. The third-order valence-electron chi connectivity index (χ3n) is 3.70. The maximum absolute atomic E-state index is 4.16. The van der Waals surface area contributed by atoms with Gasteiger partial charge in [0.2, 0.25) is 0 Å². The van der Waals surface area contributed by atoms with Crippen molar-refractivity contribution in [1.29, 1.82) is 0 Å². The van der Waals surface area contributed by atoms with Gasteiger partial charge in [-0.1, -0.05) is 30.3 Å². The average molecular weight is 257 g/mol. The van der Waals surface area contributed by atoms with Crippen molar-refractivity contribution in [3.05, 3.63) is 41.7 Å². The van der Waals surface area contributed by atoms with E-state index in [0.29, 0.717) is 5.92 Å². The zero-order chi connectivity index (χ0) is 12.9. The zero-order valence-electron chi connectivity index (χ0n) is 11.0. The van der Waals surface area contributed by atoms with E-state index in [2.05, 4.69) is 45.1 Å². The Morgan fingerprint density at radius 2 is 1.95 bits per heavy atom. The van der Waals surface area contributed by atoms with E-state index >= 15 is 0 Å². The molecule has 3 rings (SSSR count). The van der Waals surface area contributed by atoms with Gasteiger partial charge in [0.15, 0.2) is 5.82 Å². The summed E-state index contributed by atoms with van der Waals surface area (Å²) in [6.45, 7) is 3.17. The van der Waals surface area contributed by atoms with E-state index in [1.54, 1.807) is 0 Å². The van der Waals surface area contributed by atoms with Gasteiger partial charge >= 0.3 is 0 Å². The third-order valence-corrected chi connectivity index (χ3v) is 3.70. The highest BCUT2D eigenvalue weighted by Gasteiger charge is 2.16. The molecule has 0 spiro atoms. The average Bonchev–Trinajstić information content (AvgIpc) is 2.88. The van der Waals surface area contributed by atoms with Crippen molar-refractivity contribution in [1.82, 2.24) is 25.5 Å². The van der Waals surface area contributed by atoms with E-state index in [1.165, 1.54) is 18.4 Å². The van der Waals surface area contributed by atoms with Crippen molar-refractivity contribution in [3.63, 3.8) is 0 Å². The summed E-state index contributed by atoms with van der Waals surface area (Å²) in [6, 6.07) is 10.4. The highest BCUT2D eigenvalue weighted by atomic mass is 15.5. The first-order valence-electron chi connectivity index (χ1n) is 6.91. The Hall–Kier alpha value is -1.75. The van der Waals surface area contributed by atoms with Gasteiger partial charge in [-0.3, -0.25) is 0 Å². The van der Waals surface area contributed by atoms with Gasteiger partial charge in [-0.15, -0.1) is 5.10 Å². The molecule has 2 aromatic rings. The van der Waals surface area contributed by atoms with Gasteiger partial charge in [0.1, 0.15) is 0 Å².